The molecule has 2 rings (SSSR count). The number of aromatic nitrogens is 1. The Bertz CT molecular complexity index is 370. The minimum absolute atomic E-state index is 0.288. The number of nitrogens with one attached hydrogen (secondary N) is 1. The number of carboxylic acid groups (broad SMARTS) is 1. The van der Waals surface area contributed by atoms with Crippen molar-refractivity contribution in [3.05, 3.63) is 21.4 Å². The second kappa shape index (κ2) is 2.87. The summed E-state index contributed by atoms with van der Waals surface area (Å²) in [5.41, 5.74) is 2.52. The molecule has 1 heterocycles. The van der Waals surface area contributed by atoms with Crippen LogP contribution in [0.1, 0.15) is 41.0 Å². The monoisotopic (exact) mass is 243 g/mol. The van der Waals surface area contributed by atoms with Gasteiger partial charge in [-0.15, -0.1) is 0 Å². The Morgan fingerprint density at radius 2 is 2.38 bits per heavy atom. The van der Waals surface area contributed by atoms with Crippen molar-refractivity contribution in [1.29, 1.82) is 0 Å². The number of hydrogen-bond donors (Lipinski definition) is 2. The van der Waals surface area contributed by atoms with Gasteiger partial charge >= 0.3 is 5.97 Å². The van der Waals surface area contributed by atoms with E-state index in [0.717, 1.165) is 28.6 Å². The lowest BCUT2D eigenvalue weighted by molar-refractivity contribution is 0.0690. The molecule has 2 N–H and O–H groups in total. The fraction of sp³-hybridized carbons (Fsp3) is 0.444. The van der Waals surface area contributed by atoms with Crippen molar-refractivity contribution in [3.8, 4) is 0 Å². The molecule has 0 amide bonds. The molecule has 1 aliphatic rings. The van der Waals surface area contributed by atoms with Crippen LogP contribution in [-0.4, -0.2) is 16.1 Å². The van der Waals surface area contributed by atoms with Crippen molar-refractivity contribution in [1.82, 2.24) is 4.98 Å². The standard InChI is InChI=1S/C9H10BrNO2/c1-4-2-3-5-6(10)8(9(12)13)11-7(4)5/h4,11H,2-3H2,1H3,(H,12,13)/t4-/m1/s1. The third-order valence-corrected chi connectivity index (χ3v) is 3.48. The van der Waals surface area contributed by atoms with Crippen LogP contribution in [0, 0.1) is 0 Å². The highest BCUT2D eigenvalue weighted by atomic mass is 79.9. The minimum Gasteiger partial charge on any atom is -0.477 e. The Kier molecular flexibility index (Phi) is 1.95. The normalized spacial score (nSPS) is 20.3. The molecule has 0 saturated heterocycles. The van der Waals surface area contributed by atoms with Crippen LogP contribution in [0.4, 0.5) is 0 Å². The second-order valence-corrected chi connectivity index (χ2v) is 4.24. The molecule has 0 aromatic carbocycles. The van der Waals surface area contributed by atoms with Crippen LogP contribution >= 0.6 is 15.9 Å². The van der Waals surface area contributed by atoms with E-state index in [0.29, 0.717) is 5.92 Å². The van der Waals surface area contributed by atoms with Gasteiger partial charge in [-0.3, -0.25) is 0 Å². The fourth-order valence-corrected chi connectivity index (χ4v) is 2.53. The average molecular weight is 244 g/mol. The van der Waals surface area contributed by atoms with E-state index >= 15 is 0 Å². The summed E-state index contributed by atoms with van der Waals surface area (Å²) in [6, 6.07) is 0. The lowest BCUT2D eigenvalue weighted by Crippen LogP contribution is -1.99. The molecule has 13 heavy (non-hydrogen) atoms. The summed E-state index contributed by atoms with van der Waals surface area (Å²) in [5.74, 6) is -0.437. The number of rotatable bonds is 1. The maximum absolute atomic E-state index is 10.8. The summed E-state index contributed by atoms with van der Waals surface area (Å²) in [6.45, 7) is 2.11. The van der Waals surface area contributed by atoms with Gasteiger partial charge in [0.2, 0.25) is 0 Å². The Hall–Kier alpha value is -0.770. The van der Waals surface area contributed by atoms with Crippen molar-refractivity contribution in [2.24, 2.45) is 0 Å². The topological polar surface area (TPSA) is 53.1 Å². The first-order valence-electron chi connectivity index (χ1n) is 4.24. The van der Waals surface area contributed by atoms with Gasteiger partial charge in [-0.2, -0.15) is 0 Å². The van der Waals surface area contributed by atoms with Crippen LogP contribution in [0.2, 0.25) is 0 Å². The minimum atomic E-state index is -0.895. The highest BCUT2D eigenvalue weighted by Gasteiger charge is 2.27. The number of hydrogen-bond acceptors (Lipinski definition) is 1. The second-order valence-electron chi connectivity index (χ2n) is 3.45. The van der Waals surface area contributed by atoms with Gasteiger partial charge in [-0.05, 0) is 40.3 Å². The summed E-state index contributed by atoms with van der Waals surface area (Å²) < 4.78 is 0.736. The predicted molar refractivity (Wildman–Crippen MR) is 52.2 cm³/mol. The maximum Gasteiger partial charge on any atom is 0.353 e. The third-order valence-electron chi connectivity index (χ3n) is 2.60. The first-order valence-corrected chi connectivity index (χ1v) is 5.04. The maximum atomic E-state index is 10.8. The van der Waals surface area contributed by atoms with Crippen molar-refractivity contribution >= 4 is 21.9 Å². The van der Waals surface area contributed by atoms with E-state index in [9.17, 15) is 4.79 Å². The largest absolute Gasteiger partial charge is 0.477 e. The van der Waals surface area contributed by atoms with Gasteiger partial charge in [0, 0.05) is 5.69 Å². The van der Waals surface area contributed by atoms with Crippen molar-refractivity contribution in [3.63, 3.8) is 0 Å². The molecule has 0 bridgehead atoms. The fourth-order valence-electron chi connectivity index (χ4n) is 1.85. The Morgan fingerprint density at radius 1 is 1.69 bits per heavy atom. The molecule has 0 radical (unpaired) electrons. The van der Waals surface area contributed by atoms with E-state index in [2.05, 4.69) is 27.8 Å². The van der Waals surface area contributed by atoms with Crippen LogP contribution in [0.15, 0.2) is 4.47 Å². The zero-order chi connectivity index (χ0) is 9.59. The molecule has 0 saturated carbocycles. The van der Waals surface area contributed by atoms with Gasteiger partial charge in [0.05, 0.1) is 4.47 Å². The number of carbonyl (C=O) groups is 1. The molecule has 1 atom stereocenters. The van der Waals surface area contributed by atoms with Crippen molar-refractivity contribution in [2.75, 3.05) is 0 Å². The number of aromatic carboxylic acids is 1. The summed E-state index contributed by atoms with van der Waals surface area (Å²) >= 11 is 3.32. The van der Waals surface area contributed by atoms with Crippen LogP contribution in [0.5, 0.6) is 0 Å². The van der Waals surface area contributed by atoms with E-state index < -0.39 is 5.97 Å². The van der Waals surface area contributed by atoms with E-state index in [1.165, 1.54) is 0 Å². The van der Waals surface area contributed by atoms with Gasteiger partial charge < -0.3 is 10.1 Å². The lowest BCUT2D eigenvalue weighted by atomic mass is 10.1. The predicted octanol–water partition coefficient (Wildman–Crippen LogP) is 2.53. The van der Waals surface area contributed by atoms with Crippen LogP contribution in [0.3, 0.4) is 0 Å². The Labute approximate surface area is 84.3 Å². The highest BCUT2D eigenvalue weighted by molar-refractivity contribution is 9.10. The molecule has 4 heteroatoms. The van der Waals surface area contributed by atoms with Crippen molar-refractivity contribution in [2.45, 2.75) is 25.7 Å². The van der Waals surface area contributed by atoms with E-state index in [4.69, 9.17) is 5.11 Å². The summed E-state index contributed by atoms with van der Waals surface area (Å²) in [4.78, 5) is 13.7. The Balaban J connectivity index is 2.55. The molecule has 70 valence electrons. The van der Waals surface area contributed by atoms with Crippen LogP contribution in [0.25, 0.3) is 0 Å². The lowest BCUT2D eigenvalue weighted by Gasteiger charge is -1.99. The molecular weight excluding hydrogens is 234 g/mol. The molecule has 3 nitrogen and oxygen atoms in total. The average Bonchev–Trinajstić information content (AvgIpc) is 2.55. The number of fused-ring (bicyclic) bond motifs is 1. The summed E-state index contributed by atoms with van der Waals surface area (Å²) in [5, 5.41) is 8.85. The van der Waals surface area contributed by atoms with Crippen LogP contribution in [-0.2, 0) is 6.42 Å². The van der Waals surface area contributed by atoms with Gasteiger partial charge in [0.15, 0.2) is 0 Å². The zero-order valence-corrected chi connectivity index (χ0v) is 8.81. The quantitative estimate of drug-likeness (QED) is 0.797. The van der Waals surface area contributed by atoms with Crippen LogP contribution < -0.4 is 0 Å². The number of H-pyrrole nitrogens is 1. The zero-order valence-electron chi connectivity index (χ0n) is 7.22. The first-order chi connectivity index (χ1) is 6.11. The third kappa shape index (κ3) is 1.20. The molecule has 1 aromatic heterocycles. The van der Waals surface area contributed by atoms with E-state index in [1.807, 2.05) is 0 Å². The first kappa shape index (κ1) is 8.81. The smallest absolute Gasteiger partial charge is 0.353 e. The summed E-state index contributed by atoms with van der Waals surface area (Å²) in [7, 11) is 0. The summed E-state index contributed by atoms with van der Waals surface area (Å²) in [6.07, 6.45) is 2.08. The molecular formula is C9H10BrNO2. The number of aromatic amines is 1. The molecule has 0 spiro atoms. The number of carboxylic acids is 1. The van der Waals surface area contributed by atoms with Gasteiger partial charge in [0.1, 0.15) is 5.69 Å². The van der Waals surface area contributed by atoms with Gasteiger partial charge in [-0.25, -0.2) is 4.79 Å². The van der Waals surface area contributed by atoms with E-state index in [1.54, 1.807) is 0 Å². The van der Waals surface area contributed by atoms with Gasteiger partial charge in [-0.1, -0.05) is 6.92 Å². The SMILES string of the molecule is C[C@@H]1CCc2c1[nH]c(C(=O)O)c2Br. The molecule has 0 unspecified atom stereocenters. The van der Waals surface area contributed by atoms with E-state index in [-0.39, 0.29) is 5.69 Å². The van der Waals surface area contributed by atoms with Gasteiger partial charge in [0.25, 0.3) is 0 Å². The molecule has 1 aromatic rings. The highest BCUT2D eigenvalue weighted by Crippen LogP contribution is 2.38. The molecule has 0 fully saturated rings. The molecule has 0 aliphatic heterocycles. The Morgan fingerprint density at radius 3 is 2.92 bits per heavy atom. The van der Waals surface area contributed by atoms with Crippen molar-refractivity contribution < 1.29 is 9.90 Å². The number of halogens is 1. The molecule has 1 aliphatic carbocycles.